The molecule has 22 heavy (non-hydrogen) atoms. The van der Waals surface area contributed by atoms with Crippen molar-refractivity contribution in [2.75, 3.05) is 7.11 Å². The predicted molar refractivity (Wildman–Crippen MR) is 90.3 cm³/mol. The van der Waals surface area contributed by atoms with Gasteiger partial charge in [0.05, 0.1) is 13.2 Å². The fourth-order valence-corrected chi connectivity index (χ4v) is 5.66. The minimum atomic E-state index is -0.0688. The van der Waals surface area contributed by atoms with Gasteiger partial charge in [-0.2, -0.15) is 0 Å². The SMILES string of the molecule is C.COc1ccc2c(c1)CCC1C2CCC2(C)C(O)CCC12. The van der Waals surface area contributed by atoms with Crippen LogP contribution in [0.4, 0.5) is 0 Å². The molecule has 0 saturated heterocycles. The first-order chi connectivity index (χ1) is 10.1. The number of fused-ring (bicyclic) bond motifs is 5. The van der Waals surface area contributed by atoms with E-state index < -0.39 is 0 Å². The Kier molecular flexibility index (Phi) is 4.01. The number of aliphatic hydroxyl groups excluding tert-OH is 1. The van der Waals surface area contributed by atoms with Gasteiger partial charge < -0.3 is 9.84 Å². The lowest BCUT2D eigenvalue weighted by Gasteiger charge is -2.50. The monoisotopic (exact) mass is 302 g/mol. The van der Waals surface area contributed by atoms with Crippen LogP contribution in [0.25, 0.3) is 0 Å². The van der Waals surface area contributed by atoms with Crippen LogP contribution in [0.3, 0.4) is 0 Å². The zero-order valence-electron chi connectivity index (χ0n) is 13.1. The standard InChI is InChI=1S/C19H26O2.CH4/c1-19-10-9-15-14-6-4-13(21-2)11-12(14)3-5-16(15)17(19)7-8-18(19)20;/h4,6,11,15-18,20H,3,5,7-10H2,1-2H3;1H4. The lowest BCUT2D eigenvalue weighted by Crippen LogP contribution is -2.43. The van der Waals surface area contributed by atoms with Crippen LogP contribution in [-0.2, 0) is 6.42 Å². The fourth-order valence-electron chi connectivity index (χ4n) is 5.66. The zero-order valence-corrected chi connectivity index (χ0v) is 13.1. The van der Waals surface area contributed by atoms with Gasteiger partial charge in [0.25, 0.3) is 0 Å². The largest absolute Gasteiger partial charge is 0.497 e. The number of rotatable bonds is 1. The summed E-state index contributed by atoms with van der Waals surface area (Å²) in [6.07, 6.45) is 7.07. The van der Waals surface area contributed by atoms with Gasteiger partial charge in [0.15, 0.2) is 0 Å². The third-order valence-electron chi connectivity index (χ3n) is 6.88. The first-order valence-electron chi connectivity index (χ1n) is 8.48. The molecule has 3 aliphatic rings. The van der Waals surface area contributed by atoms with Crippen molar-refractivity contribution in [1.29, 1.82) is 0 Å². The van der Waals surface area contributed by atoms with Crippen molar-refractivity contribution in [3.63, 3.8) is 0 Å². The molecule has 0 spiro atoms. The van der Waals surface area contributed by atoms with E-state index in [0.29, 0.717) is 5.92 Å². The van der Waals surface area contributed by atoms with Gasteiger partial charge in [-0.1, -0.05) is 20.4 Å². The molecular formula is C20H30O2. The lowest BCUT2D eigenvalue weighted by atomic mass is 9.55. The Morgan fingerprint density at radius 2 is 2.00 bits per heavy atom. The summed E-state index contributed by atoms with van der Waals surface area (Å²) in [5.41, 5.74) is 3.25. The molecule has 1 aromatic rings. The van der Waals surface area contributed by atoms with Gasteiger partial charge in [-0.05, 0) is 85.0 Å². The van der Waals surface area contributed by atoms with E-state index in [1.54, 1.807) is 12.7 Å². The number of ether oxygens (including phenoxy) is 1. The van der Waals surface area contributed by atoms with E-state index >= 15 is 0 Å². The van der Waals surface area contributed by atoms with Crippen molar-refractivity contribution in [2.45, 2.75) is 64.9 Å². The third kappa shape index (κ3) is 2.11. The van der Waals surface area contributed by atoms with Crippen LogP contribution in [0.15, 0.2) is 18.2 Å². The van der Waals surface area contributed by atoms with Crippen molar-refractivity contribution in [1.82, 2.24) is 0 Å². The lowest BCUT2D eigenvalue weighted by molar-refractivity contribution is -0.0226. The van der Waals surface area contributed by atoms with Gasteiger partial charge >= 0.3 is 0 Å². The Morgan fingerprint density at radius 1 is 1.18 bits per heavy atom. The first-order valence-corrected chi connectivity index (χ1v) is 8.48. The molecular weight excluding hydrogens is 272 g/mol. The third-order valence-corrected chi connectivity index (χ3v) is 6.88. The highest BCUT2D eigenvalue weighted by molar-refractivity contribution is 5.40. The van der Waals surface area contributed by atoms with E-state index in [1.165, 1.54) is 37.7 Å². The van der Waals surface area contributed by atoms with Crippen LogP contribution >= 0.6 is 0 Å². The summed E-state index contributed by atoms with van der Waals surface area (Å²) in [4.78, 5) is 0. The minimum absolute atomic E-state index is 0. The highest BCUT2D eigenvalue weighted by atomic mass is 16.5. The Balaban J connectivity index is 0.00000144. The smallest absolute Gasteiger partial charge is 0.119 e. The maximum absolute atomic E-state index is 10.4. The van der Waals surface area contributed by atoms with Gasteiger partial charge in [0, 0.05) is 0 Å². The number of hydrogen-bond acceptors (Lipinski definition) is 2. The van der Waals surface area contributed by atoms with Crippen molar-refractivity contribution < 1.29 is 9.84 Å². The molecule has 2 heteroatoms. The quantitative estimate of drug-likeness (QED) is 0.824. The Morgan fingerprint density at radius 3 is 2.77 bits per heavy atom. The highest BCUT2D eigenvalue weighted by Gasteiger charge is 2.54. The average molecular weight is 302 g/mol. The molecule has 3 aliphatic carbocycles. The molecule has 122 valence electrons. The van der Waals surface area contributed by atoms with Gasteiger partial charge in [-0.15, -0.1) is 0 Å². The van der Waals surface area contributed by atoms with Crippen molar-refractivity contribution in [3.05, 3.63) is 29.3 Å². The van der Waals surface area contributed by atoms with Crippen LogP contribution in [0, 0.1) is 17.3 Å². The predicted octanol–water partition coefficient (Wildman–Crippen LogP) is 4.55. The number of hydrogen-bond donors (Lipinski definition) is 1. The summed E-state index contributed by atoms with van der Waals surface area (Å²) < 4.78 is 5.38. The maximum Gasteiger partial charge on any atom is 0.119 e. The van der Waals surface area contributed by atoms with Crippen LogP contribution < -0.4 is 4.74 Å². The Hall–Kier alpha value is -1.02. The molecule has 0 radical (unpaired) electrons. The molecule has 5 unspecified atom stereocenters. The molecule has 0 bridgehead atoms. The van der Waals surface area contributed by atoms with Crippen molar-refractivity contribution in [3.8, 4) is 5.75 Å². The molecule has 1 N–H and O–H groups in total. The second-order valence-electron chi connectivity index (χ2n) is 7.62. The highest BCUT2D eigenvalue weighted by Crippen LogP contribution is 2.60. The number of benzene rings is 1. The molecule has 1 aromatic carbocycles. The van der Waals surface area contributed by atoms with E-state index in [9.17, 15) is 5.11 Å². The van der Waals surface area contributed by atoms with Crippen LogP contribution in [0.2, 0.25) is 0 Å². The van der Waals surface area contributed by atoms with Gasteiger partial charge in [0.1, 0.15) is 5.75 Å². The summed E-state index contributed by atoms with van der Waals surface area (Å²) >= 11 is 0. The topological polar surface area (TPSA) is 29.5 Å². The van der Waals surface area contributed by atoms with Crippen LogP contribution in [0.5, 0.6) is 5.75 Å². The van der Waals surface area contributed by atoms with E-state index in [-0.39, 0.29) is 18.9 Å². The summed E-state index contributed by atoms with van der Waals surface area (Å²) in [5.74, 6) is 3.20. The average Bonchev–Trinajstić information content (AvgIpc) is 2.82. The van der Waals surface area contributed by atoms with E-state index in [4.69, 9.17) is 4.74 Å². The number of aliphatic hydroxyl groups is 1. The number of aryl methyl sites for hydroxylation is 1. The van der Waals surface area contributed by atoms with Gasteiger partial charge in [0.2, 0.25) is 0 Å². The van der Waals surface area contributed by atoms with Crippen molar-refractivity contribution >= 4 is 0 Å². The van der Waals surface area contributed by atoms with Gasteiger partial charge in [-0.25, -0.2) is 0 Å². The molecule has 2 fully saturated rings. The van der Waals surface area contributed by atoms with Crippen LogP contribution in [0.1, 0.15) is 63.5 Å². The van der Waals surface area contributed by atoms with E-state index in [1.807, 2.05) is 0 Å². The molecule has 5 atom stereocenters. The molecule has 0 heterocycles. The molecule has 0 amide bonds. The molecule has 4 rings (SSSR count). The summed E-state index contributed by atoms with van der Waals surface area (Å²) in [6, 6.07) is 6.67. The van der Waals surface area contributed by atoms with Crippen molar-refractivity contribution in [2.24, 2.45) is 17.3 Å². The van der Waals surface area contributed by atoms with Gasteiger partial charge in [-0.3, -0.25) is 0 Å². The molecule has 2 nitrogen and oxygen atoms in total. The molecule has 0 aromatic heterocycles. The Bertz CT molecular complexity index is 553. The second kappa shape index (κ2) is 5.56. The summed E-state index contributed by atoms with van der Waals surface area (Å²) in [7, 11) is 1.75. The van der Waals surface area contributed by atoms with E-state index in [2.05, 4.69) is 25.1 Å². The second-order valence-corrected chi connectivity index (χ2v) is 7.62. The number of methoxy groups -OCH3 is 1. The van der Waals surface area contributed by atoms with E-state index in [0.717, 1.165) is 24.0 Å². The Labute approximate surface area is 134 Å². The maximum atomic E-state index is 10.4. The fraction of sp³-hybridized carbons (Fsp3) is 0.700. The zero-order chi connectivity index (χ0) is 14.6. The molecule has 2 saturated carbocycles. The van der Waals surface area contributed by atoms with Crippen LogP contribution in [-0.4, -0.2) is 18.3 Å². The first kappa shape index (κ1) is 15.9. The normalized spacial score (nSPS) is 39.2. The summed E-state index contributed by atoms with van der Waals surface area (Å²) in [6.45, 7) is 2.34. The molecule has 0 aliphatic heterocycles. The minimum Gasteiger partial charge on any atom is -0.497 e. The summed E-state index contributed by atoms with van der Waals surface area (Å²) in [5, 5.41) is 10.4.